The second kappa shape index (κ2) is 4.52. The van der Waals surface area contributed by atoms with Crippen molar-refractivity contribution in [1.29, 1.82) is 0 Å². The van der Waals surface area contributed by atoms with Crippen molar-refractivity contribution in [3.8, 4) is 0 Å². The Kier molecular flexibility index (Phi) is 3.26. The number of benzene rings is 1. The standard InChI is InChI=1S/C12H17ClN2O/c1-12(6-3-7-16-12)8-15-10-5-2-4-9(13)11(10)14/h2,4-5,15H,3,6-8,14H2,1H3. The van der Waals surface area contributed by atoms with E-state index >= 15 is 0 Å². The fourth-order valence-electron chi connectivity index (χ4n) is 1.95. The molecule has 2 rings (SSSR count). The fraction of sp³-hybridized carbons (Fsp3) is 0.500. The summed E-state index contributed by atoms with van der Waals surface area (Å²) in [6.45, 7) is 3.73. The maximum absolute atomic E-state index is 5.95. The third-order valence-corrected chi connectivity index (χ3v) is 3.34. The lowest BCUT2D eigenvalue weighted by molar-refractivity contribution is 0.0315. The van der Waals surface area contributed by atoms with Gasteiger partial charge in [-0.15, -0.1) is 0 Å². The molecule has 1 unspecified atom stereocenters. The van der Waals surface area contributed by atoms with E-state index in [0.717, 1.165) is 31.7 Å². The summed E-state index contributed by atoms with van der Waals surface area (Å²) < 4.78 is 5.70. The number of nitrogens with two attached hydrogens (primary N) is 1. The van der Waals surface area contributed by atoms with Gasteiger partial charge in [0.15, 0.2) is 0 Å². The van der Waals surface area contributed by atoms with Crippen LogP contribution in [0.4, 0.5) is 11.4 Å². The van der Waals surface area contributed by atoms with E-state index in [1.165, 1.54) is 0 Å². The summed E-state index contributed by atoms with van der Waals surface area (Å²) in [6.07, 6.45) is 2.21. The van der Waals surface area contributed by atoms with E-state index in [-0.39, 0.29) is 5.60 Å². The van der Waals surface area contributed by atoms with E-state index in [2.05, 4.69) is 12.2 Å². The molecule has 0 radical (unpaired) electrons. The lowest BCUT2D eigenvalue weighted by Crippen LogP contribution is -2.32. The third kappa shape index (κ3) is 2.42. The minimum atomic E-state index is -0.0746. The van der Waals surface area contributed by atoms with Gasteiger partial charge in [-0.05, 0) is 31.9 Å². The second-order valence-corrected chi connectivity index (χ2v) is 4.86. The van der Waals surface area contributed by atoms with Gasteiger partial charge in [0, 0.05) is 13.2 Å². The molecule has 0 amide bonds. The lowest BCUT2D eigenvalue weighted by atomic mass is 10.0. The molecule has 1 saturated heterocycles. The molecule has 1 aliphatic rings. The number of halogens is 1. The highest BCUT2D eigenvalue weighted by Gasteiger charge is 2.29. The van der Waals surface area contributed by atoms with E-state index < -0.39 is 0 Å². The van der Waals surface area contributed by atoms with Crippen LogP contribution in [0.1, 0.15) is 19.8 Å². The Labute approximate surface area is 101 Å². The molecule has 0 aromatic heterocycles. The predicted octanol–water partition coefficient (Wildman–Crippen LogP) is 2.90. The number of nitrogens with one attached hydrogen (secondary N) is 1. The van der Waals surface area contributed by atoms with Gasteiger partial charge in [-0.2, -0.15) is 0 Å². The quantitative estimate of drug-likeness (QED) is 0.799. The molecule has 0 saturated carbocycles. The maximum Gasteiger partial charge on any atom is 0.0826 e. The first-order valence-electron chi connectivity index (χ1n) is 5.53. The number of para-hydroxylation sites is 1. The number of hydrogen-bond acceptors (Lipinski definition) is 3. The molecule has 3 nitrogen and oxygen atoms in total. The Hall–Kier alpha value is -0.930. The van der Waals surface area contributed by atoms with Crippen molar-refractivity contribution < 1.29 is 4.74 Å². The van der Waals surface area contributed by atoms with Crippen LogP contribution < -0.4 is 11.1 Å². The highest BCUT2D eigenvalue weighted by Crippen LogP contribution is 2.29. The van der Waals surface area contributed by atoms with Crippen molar-refractivity contribution >= 4 is 23.0 Å². The first-order valence-corrected chi connectivity index (χ1v) is 5.90. The Balaban J connectivity index is 2.02. The highest BCUT2D eigenvalue weighted by molar-refractivity contribution is 6.33. The van der Waals surface area contributed by atoms with Crippen LogP contribution in [0.5, 0.6) is 0 Å². The summed E-state index contributed by atoms with van der Waals surface area (Å²) in [7, 11) is 0. The van der Waals surface area contributed by atoms with Gasteiger partial charge < -0.3 is 15.8 Å². The molecule has 4 heteroatoms. The van der Waals surface area contributed by atoms with Gasteiger partial charge >= 0.3 is 0 Å². The minimum absolute atomic E-state index is 0.0746. The molecule has 1 aliphatic heterocycles. The van der Waals surface area contributed by atoms with Gasteiger partial charge in [-0.3, -0.25) is 0 Å². The van der Waals surface area contributed by atoms with Gasteiger partial charge in [0.2, 0.25) is 0 Å². The van der Waals surface area contributed by atoms with Crippen LogP contribution in [0.3, 0.4) is 0 Å². The smallest absolute Gasteiger partial charge is 0.0826 e. The Bertz CT molecular complexity index is 375. The van der Waals surface area contributed by atoms with Crippen LogP contribution in [0.15, 0.2) is 18.2 Å². The predicted molar refractivity (Wildman–Crippen MR) is 67.9 cm³/mol. The van der Waals surface area contributed by atoms with E-state index in [1.807, 2.05) is 12.1 Å². The van der Waals surface area contributed by atoms with Gasteiger partial charge in [-0.1, -0.05) is 17.7 Å². The van der Waals surface area contributed by atoms with Crippen molar-refractivity contribution in [1.82, 2.24) is 0 Å². The van der Waals surface area contributed by atoms with Crippen LogP contribution in [0.25, 0.3) is 0 Å². The largest absolute Gasteiger partial charge is 0.396 e. The zero-order valence-corrected chi connectivity index (χ0v) is 10.2. The number of nitrogen functional groups attached to an aromatic ring is 1. The molecule has 0 aliphatic carbocycles. The van der Waals surface area contributed by atoms with E-state index in [0.29, 0.717) is 10.7 Å². The SMILES string of the molecule is CC1(CNc2cccc(Cl)c2N)CCCO1. The molecule has 1 heterocycles. The van der Waals surface area contributed by atoms with Crippen LogP contribution >= 0.6 is 11.6 Å². The van der Waals surface area contributed by atoms with Crippen molar-refractivity contribution in [2.24, 2.45) is 0 Å². The average Bonchev–Trinajstić information content (AvgIpc) is 2.68. The summed E-state index contributed by atoms with van der Waals surface area (Å²) in [6, 6.07) is 5.61. The molecule has 88 valence electrons. The van der Waals surface area contributed by atoms with Crippen molar-refractivity contribution in [3.63, 3.8) is 0 Å². The van der Waals surface area contributed by atoms with Crippen molar-refractivity contribution in [2.45, 2.75) is 25.4 Å². The van der Waals surface area contributed by atoms with Crippen LogP contribution in [-0.2, 0) is 4.74 Å². The molecular weight excluding hydrogens is 224 g/mol. The maximum atomic E-state index is 5.95. The summed E-state index contributed by atoms with van der Waals surface area (Å²) in [5.74, 6) is 0. The van der Waals surface area contributed by atoms with E-state index in [4.69, 9.17) is 22.1 Å². The fourth-order valence-corrected chi connectivity index (χ4v) is 2.12. The minimum Gasteiger partial charge on any atom is -0.396 e. The van der Waals surface area contributed by atoms with Gasteiger partial charge in [-0.25, -0.2) is 0 Å². The van der Waals surface area contributed by atoms with Crippen molar-refractivity contribution in [3.05, 3.63) is 23.2 Å². The molecule has 0 bridgehead atoms. The second-order valence-electron chi connectivity index (χ2n) is 4.46. The number of anilines is 2. The molecule has 0 spiro atoms. The van der Waals surface area contributed by atoms with Crippen LogP contribution in [0, 0.1) is 0 Å². The summed E-state index contributed by atoms with van der Waals surface area (Å²) >= 11 is 5.95. The molecule has 1 aromatic carbocycles. The first kappa shape index (κ1) is 11.6. The normalized spacial score (nSPS) is 24.6. The van der Waals surface area contributed by atoms with Crippen LogP contribution in [-0.4, -0.2) is 18.8 Å². The first-order chi connectivity index (χ1) is 7.61. The van der Waals surface area contributed by atoms with E-state index in [9.17, 15) is 0 Å². The van der Waals surface area contributed by atoms with Crippen LogP contribution in [0.2, 0.25) is 5.02 Å². The molecule has 3 N–H and O–H groups in total. The van der Waals surface area contributed by atoms with Gasteiger partial charge in [0.05, 0.1) is 22.0 Å². The molecule has 1 fully saturated rings. The number of rotatable bonds is 3. The third-order valence-electron chi connectivity index (χ3n) is 3.01. The number of ether oxygens (including phenoxy) is 1. The molecule has 1 atom stereocenters. The Morgan fingerprint density at radius 2 is 2.38 bits per heavy atom. The Morgan fingerprint density at radius 3 is 3.06 bits per heavy atom. The average molecular weight is 241 g/mol. The monoisotopic (exact) mass is 240 g/mol. The molecular formula is C12H17ClN2O. The molecule has 16 heavy (non-hydrogen) atoms. The topological polar surface area (TPSA) is 47.3 Å². The molecule has 1 aromatic rings. The zero-order valence-electron chi connectivity index (χ0n) is 9.42. The summed E-state index contributed by atoms with van der Waals surface area (Å²) in [5.41, 5.74) is 7.28. The summed E-state index contributed by atoms with van der Waals surface area (Å²) in [4.78, 5) is 0. The highest BCUT2D eigenvalue weighted by atomic mass is 35.5. The van der Waals surface area contributed by atoms with Gasteiger partial charge in [0.25, 0.3) is 0 Å². The number of hydrogen-bond donors (Lipinski definition) is 2. The summed E-state index contributed by atoms with van der Waals surface area (Å²) in [5, 5.41) is 3.89. The lowest BCUT2D eigenvalue weighted by Gasteiger charge is -2.24. The van der Waals surface area contributed by atoms with Gasteiger partial charge in [0.1, 0.15) is 0 Å². The Morgan fingerprint density at radius 1 is 1.56 bits per heavy atom. The van der Waals surface area contributed by atoms with E-state index in [1.54, 1.807) is 6.07 Å². The van der Waals surface area contributed by atoms with Crippen molar-refractivity contribution in [2.75, 3.05) is 24.2 Å². The zero-order chi connectivity index (χ0) is 11.6.